The number of aryl methyl sites for hydroxylation is 1. The lowest BCUT2D eigenvalue weighted by molar-refractivity contribution is 0.123. The average Bonchev–Trinajstić information content (AvgIpc) is 2.64. The van der Waals surface area contributed by atoms with Crippen molar-refractivity contribution in [3.8, 4) is 16.9 Å². The molecule has 2 heteroatoms. The third kappa shape index (κ3) is 7.31. The molecule has 1 N–H and O–H groups in total. The normalized spacial score (nSPS) is 12.1. The Morgan fingerprint density at radius 1 is 0.800 bits per heavy atom. The molecule has 0 aromatic heterocycles. The summed E-state index contributed by atoms with van der Waals surface area (Å²) in [6.45, 7) is 4.31. The molecule has 0 aliphatic carbocycles. The fraction of sp³-hybridized carbons (Fsp3) is 0.478. The standard InChI is InChI=1S/C23H32O2/c1-3-4-5-6-7-8-9-20-10-12-21(13-11-20)22-14-16-23(17-15-22)25-18-19(2)24/h10-17,19,24H,3-9,18H2,1-2H3/t19-/m0/s1. The molecule has 0 aliphatic heterocycles. The maximum atomic E-state index is 9.26. The minimum atomic E-state index is -0.445. The van der Waals surface area contributed by atoms with E-state index >= 15 is 0 Å². The highest BCUT2D eigenvalue weighted by Gasteiger charge is 2.01. The summed E-state index contributed by atoms with van der Waals surface area (Å²) in [5.41, 5.74) is 3.85. The third-order valence-electron chi connectivity index (χ3n) is 4.45. The van der Waals surface area contributed by atoms with E-state index in [1.165, 1.54) is 61.6 Å². The van der Waals surface area contributed by atoms with Gasteiger partial charge in [-0.05, 0) is 48.6 Å². The van der Waals surface area contributed by atoms with Crippen LogP contribution in [0.15, 0.2) is 48.5 Å². The second-order valence-electron chi connectivity index (χ2n) is 6.90. The second-order valence-corrected chi connectivity index (χ2v) is 6.90. The van der Waals surface area contributed by atoms with E-state index in [0.717, 1.165) is 5.75 Å². The Balaban J connectivity index is 1.81. The first-order valence-corrected chi connectivity index (χ1v) is 9.69. The van der Waals surface area contributed by atoms with Gasteiger partial charge in [0.2, 0.25) is 0 Å². The first kappa shape index (κ1) is 19.5. The van der Waals surface area contributed by atoms with Crippen LogP contribution in [-0.2, 0) is 6.42 Å². The minimum absolute atomic E-state index is 0.326. The van der Waals surface area contributed by atoms with E-state index in [-0.39, 0.29) is 0 Å². The molecule has 1 atom stereocenters. The van der Waals surface area contributed by atoms with E-state index in [4.69, 9.17) is 4.74 Å². The van der Waals surface area contributed by atoms with Crippen LogP contribution in [0.2, 0.25) is 0 Å². The molecule has 25 heavy (non-hydrogen) atoms. The Bertz CT molecular complexity index is 584. The van der Waals surface area contributed by atoms with E-state index in [0.29, 0.717) is 6.61 Å². The lowest BCUT2D eigenvalue weighted by Gasteiger charge is -2.09. The van der Waals surface area contributed by atoms with Gasteiger partial charge in [0.15, 0.2) is 0 Å². The maximum absolute atomic E-state index is 9.26. The Hall–Kier alpha value is -1.80. The summed E-state index contributed by atoms with van der Waals surface area (Å²) in [5.74, 6) is 0.796. The number of unbranched alkanes of at least 4 members (excludes halogenated alkanes) is 5. The van der Waals surface area contributed by atoms with Crippen molar-refractivity contribution in [1.82, 2.24) is 0 Å². The highest BCUT2D eigenvalue weighted by Crippen LogP contribution is 2.23. The molecule has 2 nitrogen and oxygen atoms in total. The van der Waals surface area contributed by atoms with Gasteiger partial charge in [-0.3, -0.25) is 0 Å². The Morgan fingerprint density at radius 3 is 1.96 bits per heavy atom. The number of ether oxygens (including phenoxy) is 1. The van der Waals surface area contributed by atoms with Gasteiger partial charge in [-0.25, -0.2) is 0 Å². The predicted octanol–water partition coefficient (Wildman–Crippen LogP) is 6.02. The molecule has 0 aliphatic rings. The molecule has 0 saturated heterocycles. The van der Waals surface area contributed by atoms with Gasteiger partial charge in [-0.15, -0.1) is 0 Å². The smallest absolute Gasteiger partial charge is 0.119 e. The number of aliphatic hydroxyl groups excluding tert-OH is 1. The summed E-state index contributed by atoms with van der Waals surface area (Å²) in [4.78, 5) is 0. The van der Waals surface area contributed by atoms with E-state index in [2.05, 4.69) is 43.3 Å². The average molecular weight is 341 g/mol. The van der Waals surface area contributed by atoms with Crippen molar-refractivity contribution in [2.45, 2.75) is 64.9 Å². The first-order valence-electron chi connectivity index (χ1n) is 9.69. The van der Waals surface area contributed by atoms with Gasteiger partial charge in [-0.1, -0.05) is 75.4 Å². The van der Waals surface area contributed by atoms with Crippen molar-refractivity contribution in [3.63, 3.8) is 0 Å². The van der Waals surface area contributed by atoms with Gasteiger partial charge in [0.25, 0.3) is 0 Å². The topological polar surface area (TPSA) is 29.5 Å². The monoisotopic (exact) mass is 340 g/mol. The van der Waals surface area contributed by atoms with E-state index < -0.39 is 6.10 Å². The molecule has 0 radical (unpaired) electrons. The van der Waals surface area contributed by atoms with Crippen molar-refractivity contribution in [3.05, 3.63) is 54.1 Å². The summed E-state index contributed by atoms with van der Waals surface area (Å²) in [6.07, 6.45) is 8.81. The quantitative estimate of drug-likeness (QED) is 0.507. The van der Waals surface area contributed by atoms with Gasteiger partial charge in [0.05, 0.1) is 6.10 Å². The predicted molar refractivity (Wildman–Crippen MR) is 106 cm³/mol. The van der Waals surface area contributed by atoms with Crippen LogP contribution in [0.1, 0.15) is 57.9 Å². The number of hydrogen-bond donors (Lipinski definition) is 1. The van der Waals surface area contributed by atoms with Gasteiger partial charge >= 0.3 is 0 Å². The molecule has 0 fully saturated rings. The number of rotatable bonds is 11. The van der Waals surface area contributed by atoms with E-state index in [9.17, 15) is 5.11 Å². The summed E-state index contributed by atoms with van der Waals surface area (Å²) in [6, 6.07) is 17.0. The van der Waals surface area contributed by atoms with Crippen molar-refractivity contribution in [1.29, 1.82) is 0 Å². The summed E-state index contributed by atoms with van der Waals surface area (Å²) < 4.78 is 5.51. The SMILES string of the molecule is CCCCCCCCc1ccc(-c2ccc(OC[C@H](C)O)cc2)cc1. The first-order chi connectivity index (χ1) is 12.2. The zero-order chi connectivity index (χ0) is 17.9. The zero-order valence-electron chi connectivity index (χ0n) is 15.7. The third-order valence-corrected chi connectivity index (χ3v) is 4.45. The molecule has 0 unspecified atom stereocenters. The molecule has 2 aromatic carbocycles. The molecule has 0 amide bonds. The molecule has 0 bridgehead atoms. The maximum Gasteiger partial charge on any atom is 0.119 e. The van der Waals surface area contributed by atoms with Crippen LogP contribution in [0.25, 0.3) is 11.1 Å². The van der Waals surface area contributed by atoms with Crippen LogP contribution in [0.5, 0.6) is 5.75 Å². The van der Waals surface area contributed by atoms with Gasteiger partial charge < -0.3 is 9.84 Å². The van der Waals surface area contributed by atoms with Crippen LogP contribution in [0.4, 0.5) is 0 Å². The fourth-order valence-corrected chi connectivity index (χ4v) is 2.93. The van der Waals surface area contributed by atoms with Crippen LogP contribution >= 0.6 is 0 Å². The van der Waals surface area contributed by atoms with Crippen LogP contribution < -0.4 is 4.74 Å². The number of hydrogen-bond acceptors (Lipinski definition) is 2. The van der Waals surface area contributed by atoms with Gasteiger partial charge in [0.1, 0.15) is 12.4 Å². The van der Waals surface area contributed by atoms with Crippen LogP contribution in [0.3, 0.4) is 0 Å². The summed E-state index contributed by atoms with van der Waals surface area (Å²) >= 11 is 0. The Labute approximate surface area is 152 Å². The van der Waals surface area contributed by atoms with Crippen molar-refractivity contribution in [2.75, 3.05) is 6.61 Å². The second kappa shape index (κ2) is 10.9. The van der Waals surface area contributed by atoms with E-state index in [1.54, 1.807) is 6.92 Å². The van der Waals surface area contributed by atoms with Crippen molar-refractivity contribution >= 4 is 0 Å². The van der Waals surface area contributed by atoms with Gasteiger partial charge in [0, 0.05) is 0 Å². The van der Waals surface area contributed by atoms with Gasteiger partial charge in [-0.2, -0.15) is 0 Å². The zero-order valence-corrected chi connectivity index (χ0v) is 15.7. The molecule has 2 aromatic rings. The molecule has 0 spiro atoms. The highest BCUT2D eigenvalue weighted by molar-refractivity contribution is 5.64. The summed E-state index contributed by atoms with van der Waals surface area (Å²) in [5, 5.41) is 9.26. The summed E-state index contributed by atoms with van der Waals surface area (Å²) in [7, 11) is 0. The Morgan fingerprint density at radius 2 is 1.36 bits per heavy atom. The molecular weight excluding hydrogens is 308 g/mol. The fourth-order valence-electron chi connectivity index (χ4n) is 2.93. The molecule has 136 valence electrons. The lowest BCUT2D eigenvalue weighted by Crippen LogP contribution is -2.12. The van der Waals surface area contributed by atoms with Crippen molar-refractivity contribution in [2.24, 2.45) is 0 Å². The Kier molecular flexibility index (Phi) is 8.54. The largest absolute Gasteiger partial charge is 0.491 e. The molecular formula is C23H32O2. The van der Waals surface area contributed by atoms with Crippen molar-refractivity contribution < 1.29 is 9.84 Å². The minimum Gasteiger partial charge on any atom is -0.491 e. The van der Waals surface area contributed by atoms with Crippen LogP contribution in [0, 0.1) is 0 Å². The number of benzene rings is 2. The molecule has 2 rings (SSSR count). The highest BCUT2D eigenvalue weighted by atomic mass is 16.5. The van der Waals surface area contributed by atoms with Crippen LogP contribution in [-0.4, -0.2) is 17.8 Å². The van der Waals surface area contributed by atoms with E-state index in [1.807, 2.05) is 12.1 Å². The lowest BCUT2D eigenvalue weighted by atomic mass is 10.0. The molecule has 0 heterocycles. The molecule has 0 saturated carbocycles. The number of aliphatic hydroxyl groups is 1.